The molecular formula is C19H19F3N3O2S+. The minimum atomic E-state index is -4.74. The number of benzene rings is 2. The van der Waals surface area contributed by atoms with Crippen LogP contribution in [0.2, 0.25) is 0 Å². The van der Waals surface area contributed by atoms with Crippen LogP contribution in [-0.4, -0.2) is 30.8 Å². The normalized spacial score (nSPS) is 13.9. The van der Waals surface area contributed by atoms with Crippen LogP contribution in [0.1, 0.15) is 18.0 Å². The molecule has 0 radical (unpaired) electrons. The Morgan fingerprint density at radius 2 is 1.89 bits per heavy atom. The molecule has 0 aliphatic rings. The van der Waals surface area contributed by atoms with Crippen molar-refractivity contribution in [2.24, 2.45) is 0 Å². The van der Waals surface area contributed by atoms with Crippen molar-refractivity contribution in [3.63, 3.8) is 0 Å². The number of ether oxygens (including phenoxy) is 1. The fourth-order valence-electron chi connectivity index (χ4n) is 2.64. The molecule has 1 heterocycles. The van der Waals surface area contributed by atoms with Gasteiger partial charge in [0.25, 0.3) is 5.91 Å². The van der Waals surface area contributed by atoms with Crippen LogP contribution in [0.3, 0.4) is 0 Å². The quantitative estimate of drug-likeness (QED) is 0.655. The van der Waals surface area contributed by atoms with Crippen molar-refractivity contribution in [2.75, 3.05) is 18.9 Å². The number of hydrogen-bond acceptors (Lipinski definition) is 4. The van der Waals surface area contributed by atoms with Crippen molar-refractivity contribution in [2.45, 2.75) is 19.3 Å². The Labute approximate surface area is 163 Å². The van der Waals surface area contributed by atoms with Gasteiger partial charge in [0.1, 0.15) is 11.8 Å². The molecule has 3 rings (SSSR count). The van der Waals surface area contributed by atoms with E-state index in [-0.39, 0.29) is 24.2 Å². The van der Waals surface area contributed by atoms with E-state index in [0.29, 0.717) is 5.69 Å². The first-order valence-electron chi connectivity index (χ1n) is 8.55. The first kappa shape index (κ1) is 20.1. The molecule has 0 spiro atoms. The number of anilines is 1. The lowest BCUT2D eigenvalue weighted by Crippen LogP contribution is -3.10. The van der Waals surface area contributed by atoms with E-state index in [1.165, 1.54) is 12.1 Å². The molecule has 1 unspecified atom stereocenters. The highest BCUT2D eigenvalue weighted by Gasteiger charge is 2.31. The second kappa shape index (κ2) is 8.15. The number of aromatic nitrogens is 1. The Balaban J connectivity index is 1.57. The summed E-state index contributed by atoms with van der Waals surface area (Å²) < 4.78 is 41.4. The van der Waals surface area contributed by atoms with Crippen molar-refractivity contribution >= 4 is 33.1 Å². The summed E-state index contributed by atoms with van der Waals surface area (Å²) in [7, 11) is 1.90. The molecule has 9 heteroatoms. The second-order valence-electron chi connectivity index (χ2n) is 6.39. The van der Waals surface area contributed by atoms with Crippen LogP contribution in [0.15, 0.2) is 48.5 Å². The van der Waals surface area contributed by atoms with Gasteiger partial charge in [-0.3, -0.25) is 4.79 Å². The van der Waals surface area contributed by atoms with Gasteiger partial charge in [0, 0.05) is 5.69 Å². The highest BCUT2D eigenvalue weighted by molar-refractivity contribution is 7.18. The van der Waals surface area contributed by atoms with Gasteiger partial charge in [0.05, 0.1) is 17.3 Å². The van der Waals surface area contributed by atoms with E-state index < -0.39 is 6.36 Å². The van der Waals surface area contributed by atoms with Crippen LogP contribution >= 0.6 is 11.3 Å². The molecule has 2 atom stereocenters. The van der Waals surface area contributed by atoms with Crippen LogP contribution in [0.25, 0.3) is 10.2 Å². The molecule has 0 saturated heterocycles. The number of rotatable bonds is 6. The topological polar surface area (TPSA) is 55.7 Å². The van der Waals surface area contributed by atoms with E-state index in [4.69, 9.17) is 0 Å². The fourth-order valence-corrected chi connectivity index (χ4v) is 3.75. The van der Waals surface area contributed by atoms with Crippen LogP contribution in [-0.2, 0) is 4.79 Å². The van der Waals surface area contributed by atoms with Crippen molar-refractivity contribution in [1.29, 1.82) is 0 Å². The number of amides is 1. The number of nitrogens with one attached hydrogen (secondary N) is 2. The van der Waals surface area contributed by atoms with E-state index in [1.807, 2.05) is 38.2 Å². The number of para-hydroxylation sites is 1. The zero-order valence-electron chi connectivity index (χ0n) is 15.2. The smallest absolute Gasteiger partial charge is 0.406 e. The van der Waals surface area contributed by atoms with Gasteiger partial charge in [-0.1, -0.05) is 12.1 Å². The number of nitrogens with zero attached hydrogens (tertiary/aromatic N) is 1. The maximum absolute atomic E-state index is 12.3. The third-order valence-corrected chi connectivity index (χ3v) is 5.45. The Kier molecular flexibility index (Phi) is 5.85. The third-order valence-electron chi connectivity index (χ3n) is 4.23. The van der Waals surface area contributed by atoms with Crippen LogP contribution < -0.4 is 15.0 Å². The largest absolute Gasteiger partial charge is 0.573 e. The standard InChI is InChI=1S/C19H18F3N3O2S/c1-12(18-24-15-5-3-4-6-16(15)28-18)25(2)11-17(26)23-13-7-9-14(10-8-13)27-19(20,21)22/h3-10,12H,11H2,1-2H3,(H,23,26)/p+1/t12-/m0/s1. The molecule has 1 aromatic heterocycles. The van der Waals surface area contributed by atoms with Crippen molar-refractivity contribution in [3.8, 4) is 5.75 Å². The monoisotopic (exact) mass is 410 g/mol. The summed E-state index contributed by atoms with van der Waals surface area (Å²) >= 11 is 1.60. The minimum Gasteiger partial charge on any atom is -0.406 e. The van der Waals surface area contributed by atoms with Gasteiger partial charge in [0.2, 0.25) is 0 Å². The molecule has 1 amide bonds. The fraction of sp³-hybridized carbons (Fsp3) is 0.263. The lowest BCUT2D eigenvalue weighted by molar-refractivity contribution is -0.902. The van der Waals surface area contributed by atoms with Crippen molar-refractivity contribution in [3.05, 3.63) is 53.5 Å². The Morgan fingerprint density at radius 1 is 1.21 bits per heavy atom. The number of likely N-dealkylation sites (N-methyl/N-ethyl adjacent to an activating group) is 1. The average molecular weight is 410 g/mol. The van der Waals surface area contributed by atoms with E-state index in [9.17, 15) is 18.0 Å². The highest BCUT2D eigenvalue weighted by Crippen LogP contribution is 2.25. The van der Waals surface area contributed by atoms with E-state index in [1.54, 1.807) is 11.3 Å². The maximum atomic E-state index is 12.3. The molecule has 0 fully saturated rings. The van der Waals surface area contributed by atoms with E-state index >= 15 is 0 Å². The second-order valence-corrected chi connectivity index (χ2v) is 7.45. The summed E-state index contributed by atoms with van der Waals surface area (Å²) in [5.74, 6) is -0.576. The van der Waals surface area contributed by atoms with Crippen LogP contribution in [0.4, 0.5) is 18.9 Å². The number of thiazole rings is 1. The molecule has 0 aliphatic carbocycles. The molecule has 0 bridgehead atoms. The summed E-state index contributed by atoms with van der Waals surface area (Å²) in [5.41, 5.74) is 1.34. The molecule has 148 valence electrons. The molecule has 2 aromatic carbocycles. The molecule has 3 aromatic rings. The number of halogens is 3. The van der Waals surface area contributed by atoms with E-state index in [0.717, 1.165) is 32.3 Å². The molecule has 28 heavy (non-hydrogen) atoms. The lowest BCUT2D eigenvalue weighted by atomic mass is 10.3. The number of hydrogen-bond donors (Lipinski definition) is 2. The predicted octanol–water partition coefficient (Wildman–Crippen LogP) is 3.41. The Bertz CT molecular complexity index is 924. The van der Waals surface area contributed by atoms with Crippen molar-refractivity contribution in [1.82, 2.24) is 4.98 Å². The first-order valence-corrected chi connectivity index (χ1v) is 9.36. The molecular weight excluding hydrogens is 391 g/mol. The summed E-state index contributed by atoms with van der Waals surface area (Å²) in [6.07, 6.45) is -4.74. The minimum absolute atomic E-state index is 0.0192. The van der Waals surface area contributed by atoms with E-state index in [2.05, 4.69) is 15.0 Å². The number of fused-ring (bicyclic) bond motifs is 1. The van der Waals surface area contributed by atoms with Gasteiger partial charge in [-0.05, 0) is 43.3 Å². The van der Waals surface area contributed by atoms with Crippen molar-refractivity contribution < 1.29 is 27.6 Å². The first-order chi connectivity index (χ1) is 13.2. The Morgan fingerprint density at radius 3 is 2.54 bits per heavy atom. The third kappa shape index (κ3) is 5.20. The van der Waals surface area contributed by atoms with Gasteiger partial charge in [-0.2, -0.15) is 0 Å². The van der Waals surface area contributed by atoms with Crippen LogP contribution in [0, 0.1) is 0 Å². The zero-order chi connectivity index (χ0) is 20.3. The average Bonchev–Trinajstić information content (AvgIpc) is 3.05. The van der Waals surface area contributed by atoms with Gasteiger partial charge in [-0.15, -0.1) is 24.5 Å². The van der Waals surface area contributed by atoms with Gasteiger partial charge < -0.3 is 15.0 Å². The van der Waals surface area contributed by atoms with Gasteiger partial charge in [-0.25, -0.2) is 4.98 Å². The van der Waals surface area contributed by atoms with Gasteiger partial charge in [0.15, 0.2) is 11.6 Å². The molecule has 2 N–H and O–H groups in total. The number of carbonyl (C=O) groups excluding carboxylic acids is 1. The summed E-state index contributed by atoms with van der Waals surface area (Å²) in [4.78, 5) is 17.9. The zero-order valence-corrected chi connectivity index (χ0v) is 16.0. The summed E-state index contributed by atoms with van der Waals surface area (Å²) in [6, 6.07) is 12.9. The SMILES string of the molecule is C[C@@H](c1nc2ccccc2s1)[NH+](C)CC(=O)Nc1ccc(OC(F)(F)F)cc1. The number of carbonyl (C=O) groups is 1. The molecule has 5 nitrogen and oxygen atoms in total. The summed E-state index contributed by atoms with van der Waals surface area (Å²) in [6.45, 7) is 2.20. The van der Waals surface area contributed by atoms with Gasteiger partial charge >= 0.3 is 6.36 Å². The number of quaternary nitrogens is 1. The molecule has 0 aliphatic heterocycles. The van der Waals surface area contributed by atoms with Crippen LogP contribution in [0.5, 0.6) is 5.75 Å². The molecule has 0 saturated carbocycles. The lowest BCUT2D eigenvalue weighted by Gasteiger charge is -2.19. The summed E-state index contributed by atoms with van der Waals surface area (Å²) in [5, 5.41) is 3.63. The highest BCUT2D eigenvalue weighted by atomic mass is 32.1. The predicted molar refractivity (Wildman–Crippen MR) is 102 cm³/mol. The number of alkyl halides is 3. The maximum Gasteiger partial charge on any atom is 0.573 e. The Hall–Kier alpha value is -2.65.